The van der Waals surface area contributed by atoms with Crippen molar-refractivity contribution in [3.63, 3.8) is 0 Å². The van der Waals surface area contributed by atoms with Crippen LogP contribution in [-0.2, 0) is 13.5 Å². The number of rotatable bonds is 6. The quantitative estimate of drug-likeness (QED) is 0.826. The lowest BCUT2D eigenvalue weighted by molar-refractivity contribution is 0.581. The molecule has 1 N–H and O–H groups in total. The third-order valence-electron chi connectivity index (χ3n) is 2.59. The molecule has 0 saturated carbocycles. The summed E-state index contributed by atoms with van der Waals surface area (Å²) in [5.74, 6) is 1.15. The van der Waals surface area contributed by atoms with Gasteiger partial charge in [-0.1, -0.05) is 13.8 Å². The molecular weight excluding hydrogens is 218 g/mol. The minimum Gasteiger partial charge on any atom is -0.316 e. The third kappa shape index (κ3) is 4.18. The lowest BCUT2D eigenvalue weighted by atomic mass is 10.2. The molecule has 92 valence electrons. The SMILES string of the molecule is CNC(CSC(C)C)Cc1cc(C)nn1C. The van der Waals surface area contributed by atoms with E-state index in [1.807, 2.05) is 37.5 Å². The molecule has 1 atom stereocenters. The number of aryl methyl sites for hydroxylation is 2. The number of aromatic nitrogens is 2. The zero-order chi connectivity index (χ0) is 12.1. The monoisotopic (exact) mass is 241 g/mol. The molecule has 0 saturated heterocycles. The van der Waals surface area contributed by atoms with Gasteiger partial charge in [0.1, 0.15) is 0 Å². The van der Waals surface area contributed by atoms with Crippen molar-refractivity contribution in [3.05, 3.63) is 17.5 Å². The predicted molar refractivity (Wildman–Crippen MR) is 72.1 cm³/mol. The van der Waals surface area contributed by atoms with Crippen molar-refractivity contribution in [2.45, 2.75) is 38.5 Å². The van der Waals surface area contributed by atoms with Gasteiger partial charge < -0.3 is 5.32 Å². The number of hydrogen-bond donors (Lipinski definition) is 1. The van der Waals surface area contributed by atoms with Gasteiger partial charge in [-0.15, -0.1) is 0 Å². The number of nitrogens with one attached hydrogen (secondary N) is 1. The second kappa shape index (κ2) is 6.30. The van der Waals surface area contributed by atoms with Gasteiger partial charge in [0.15, 0.2) is 0 Å². The van der Waals surface area contributed by atoms with E-state index in [1.54, 1.807) is 0 Å². The van der Waals surface area contributed by atoms with E-state index < -0.39 is 0 Å². The van der Waals surface area contributed by atoms with Gasteiger partial charge in [0.05, 0.1) is 5.69 Å². The van der Waals surface area contributed by atoms with E-state index in [-0.39, 0.29) is 0 Å². The Morgan fingerprint density at radius 2 is 2.19 bits per heavy atom. The molecule has 0 aliphatic rings. The summed E-state index contributed by atoms with van der Waals surface area (Å²) in [5, 5.41) is 8.45. The number of thioether (sulfide) groups is 1. The van der Waals surface area contributed by atoms with Gasteiger partial charge in [-0.25, -0.2) is 0 Å². The maximum absolute atomic E-state index is 4.38. The van der Waals surface area contributed by atoms with Crippen LogP contribution in [0.15, 0.2) is 6.07 Å². The first kappa shape index (κ1) is 13.6. The van der Waals surface area contributed by atoms with Crippen LogP contribution in [0.5, 0.6) is 0 Å². The highest BCUT2D eigenvalue weighted by molar-refractivity contribution is 7.99. The van der Waals surface area contributed by atoms with Crippen LogP contribution in [-0.4, -0.2) is 33.9 Å². The minimum atomic E-state index is 0.530. The summed E-state index contributed by atoms with van der Waals surface area (Å²) in [4.78, 5) is 0. The maximum atomic E-state index is 4.38. The smallest absolute Gasteiger partial charge is 0.0596 e. The van der Waals surface area contributed by atoms with Crippen LogP contribution in [0.3, 0.4) is 0 Å². The molecule has 1 unspecified atom stereocenters. The standard InChI is InChI=1S/C12H23N3S/c1-9(2)16-8-11(13-4)7-12-6-10(3)14-15(12)5/h6,9,11,13H,7-8H2,1-5H3. The van der Waals surface area contributed by atoms with Crippen LogP contribution < -0.4 is 5.32 Å². The zero-order valence-corrected chi connectivity index (χ0v) is 11.8. The van der Waals surface area contributed by atoms with Gasteiger partial charge in [-0.3, -0.25) is 4.68 Å². The average Bonchev–Trinajstić information content (AvgIpc) is 2.51. The molecular formula is C12H23N3S. The number of hydrogen-bond acceptors (Lipinski definition) is 3. The Bertz CT molecular complexity index is 320. The van der Waals surface area contributed by atoms with E-state index in [1.165, 1.54) is 5.69 Å². The number of likely N-dealkylation sites (N-methyl/N-ethyl adjacent to an activating group) is 1. The summed E-state index contributed by atoms with van der Waals surface area (Å²) in [6.45, 7) is 6.53. The zero-order valence-electron chi connectivity index (χ0n) is 10.9. The van der Waals surface area contributed by atoms with Crippen molar-refractivity contribution >= 4 is 11.8 Å². The van der Waals surface area contributed by atoms with Crippen molar-refractivity contribution < 1.29 is 0 Å². The van der Waals surface area contributed by atoms with Crippen molar-refractivity contribution in [3.8, 4) is 0 Å². The molecule has 0 bridgehead atoms. The molecule has 0 fully saturated rings. The summed E-state index contributed by atoms with van der Waals surface area (Å²) >= 11 is 2.00. The van der Waals surface area contributed by atoms with Gasteiger partial charge >= 0.3 is 0 Å². The molecule has 3 nitrogen and oxygen atoms in total. The highest BCUT2D eigenvalue weighted by Gasteiger charge is 2.11. The van der Waals surface area contributed by atoms with Crippen LogP contribution in [0.4, 0.5) is 0 Å². The number of nitrogens with zero attached hydrogens (tertiary/aromatic N) is 2. The molecule has 1 heterocycles. The van der Waals surface area contributed by atoms with Gasteiger partial charge in [0, 0.05) is 31.0 Å². The van der Waals surface area contributed by atoms with Crippen LogP contribution >= 0.6 is 11.8 Å². The molecule has 0 amide bonds. The molecule has 0 spiro atoms. The molecule has 0 aliphatic heterocycles. The highest BCUT2D eigenvalue weighted by Crippen LogP contribution is 2.13. The predicted octanol–water partition coefficient (Wildman–Crippen LogP) is 2.00. The molecule has 4 heteroatoms. The Labute approximate surface area is 103 Å². The summed E-state index contributed by atoms with van der Waals surface area (Å²) in [5.41, 5.74) is 2.41. The first-order valence-electron chi connectivity index (χ1n) is 5.81. The van der Waals surface area contributed by atoms with Crippen LogP contribution in [0, 0.1) is 6.92 Å². The first-order chi connectivity index (χ1) is 7.52. The largest absolute Gasteiger partial charge is 0.316 e. The lowest BCUT2D eigenvalue weighted by Gasteiger charge is -2.17. The Kier molecular flexibility index (Phi) is 5.35. The third-order valence-corrected chi connectivity index (χ3v) is 3.85. The second-order valence-corrected chi connectivity index (χ2v) is 6.08. The molecule has 1 rings (SSSR count). The van der Waals surface area contributed by atoms with E-state index in [0.29, 0.717) is 11.3 Å². The minimum absolute atomic E-state index is 0.530. The van der Waals surface area contributed by atoms with Crippen molar-refractivity contribution in [1.29, 1.82) is 0 Å². The molecule has 1 aromatic rings. The molecule has 0 aliphatic carbocycles. The van der Waals surface area contributed by atoms with Gasteiger partial charge in [-0.2, -0.15) is 16.9 Å². The van der Waals surface area contributed by atoms with E-state index in [2.05, 4.69) is 30.3 Å². The van der Waals surface area contributed by atoms with E-state index >= 15 is 0 Å². The van der Waals surface area contributed by atoms with Crippen LogP contribution in [0.25, 0.3) is 0 Å². The summed E-state index contributed by atoms with van der Waals surface area (Å²) in [7, 11) is 4.05. The molecule has 0 radical (unpaired) electrons. The summed E-state index contributed by atoms with van der Waals surface area (Å²) in [6, 6.07) is 2.70. The van der Waals surface area contributed by atoms with Crippen molar-refractivity contribution in [1.82, 2.24) is 15.1 Å². The van der Waals surface area contributed by atoms with Crippen molar-refractivity contribution in [2.24, 2.45) is 7.05 Å². The first-order valence-corrected chi connectivity index (χ1v) is 6.86. The molecule has 16 heavy (non-hydrogen) atoms. The fraction of sp³-hybridized carbons (Fsp3) is 0.750. The Morgan fingerprint density at radius 3 is 2.62 bits per heavy atom. The molecule has 1 aromatic heterocycles. The van der Waals surface area contributed by atoms with Crippen molar-refractivity contribution in [2.75, 3.05) is 12.8 Å². The Balaban J connectivity index is 2.52. The normalized spacial score (nSPS) is 13.4. The Morgan fingerprint density at radius 1 is 1.50 bits per heavy atom. The Hall–Kier alpha value is -0.480. The van der Waals surface area contributed by atoms with Crippen LogP contribution in [0.2, 0.25) is 0 Å². The summed E-state index contributed by atoms with van der Waals surface area (Å²) in [6.07, 6.45) is 1.05. The average molecular weight is 241 g/mol. The van der Waals surface area contributed by atoms with Gasteiger partial charge in [0.2, 0.25) is 0 Å². The second-order valence-electron chi connectivity index (χ2n) is 4.47. The topological polar surface area (TPSA) is 29.9 Å². The maximum Gasteiger partial charge on any atom is 0.0596 e. The van der Waals surface area contributed by atoms with Crippen LogP contribution in [0.1, 0.15) is 25.2 Å². The highest BCUT2D eigenvalue weighted by atomic mass is 32.2. The van der Waals surface area contributed by atoms with Gasteiger partial charge in [-0.05, 0) is 25.3 Å². The fourth-order valence-electron chi connectivity index (χ4n) is 1.66. The molecule has 0 aromatic carbocycles. The van der Waals surface area contributed by atoms with E-state index in [4.69, 9.17) is 0 Å². The summed E-state index contributed by atoms with van der Waals surface area (Å²) < 4.78 is 1.99. The lowest BCUT2D eigenvalue weighted by Crippen LogP contribution is -2.31. The van der Waals surface area contributed by atoms with E-state index in [0.717, 1.165) is 17.9 Å². The fourth-order valence-corrected chi connectivity index (χ4v) is 2.56. The van der Waals surface area contributed by atoms with Gasteiger partial charge in [0.25, 0.3) is 0 Å². The van der Waals surface area contributed by atoms with E-state index in [9.17, 15) is 0 Å².